The molecule has 0 atom stereocenters. The number of nitrogens with zero attached hydrogens (tertiary/aromatic N) is 6. The quantitative estimate of drug-likeness (QED) is 0.353. The number of aromatic nitrogens is 2. The predicted molar refractivity (Wildman–Crippen MR) is 161 cm³/mol. The number of halogens is 1. The molecule has 4 aromatic rings. The number of amides is 1. The number of carbonyl (C=O) groups is 1. The first-order valence-corrected chi connectivity index (χ1v) is 13.8. The topological polar surface area (TPSA) is 68.4 Å². The van der Waals surface area contributed by atoms with Crippen molar-refractivity contribution in [2.45, 2.75) is 32.9 Å². The van der Waals surface area contributed by atoms with Crippen LogP contribution in [0.15, 0.2) is 60.7 Å². The lowest BCUT2D eigenvalue weighted by Crippen LogP contribution is -2.47. The molecule has 40 heavy (non-hydrogen) atoms. The Morgan fingerprint density at radius 2 is 1.68 bits per heavy atom. The largest absolute Gasteiger partial charge is 0.350 e. The Balaban J connectivity index is 0.00000323. The highest BCUT2D eigenvalue weighted by molar-refractivity contribution is 6.01. The van der Waals surface area contributed by atoms with Crippen LogP contribution in [-0.2, 0) is 25.9 Å². The van der Waals surface area contributed by atoms with Gasteiger partial charge in [0.2, 0.25) is 0 Å². The molecule has 1 fully saturated rings. The third kappa shape index (κ3) is 5.17. The van der Waals surface area contributed by atoms with Crippen molar-refractivity contribution in [3.8, 4) is 6.07 Å². The smallest absolute Gasteiger partial charge is 0.272 e. The number of fused-ring (bicyclic) bond motifs is 2. The summed E-state index contributed by atoms with van der Waals surface area (Å²) in [5, 5.41) is 10.7. The summed E-state index contributed by atoms with van der Waals surface area (Å²) in [5.74, 6) is 0.808. The van der Waals surface area contributed by atoms with E-state index in [1.54, 1.807) is 0 Å². The van der Waals surface area contributed by atoms with E-state index in [9.17, 15) is 10.1 Å². The minimum atomic E-state index is -0.0278. The molecule has 1 saturated heterocycles. The van der Waals surface area contributed by atoms with Crippen molar-refractivity contribution in [3.05, 3.63) is 94.3 Å². The number of anilines is 1. The van der Waals surface area contributed by atoms with Crippen molar-refractivity contribution in [2.24, 2.45) is 0 Å². The van der Waals surface area contributed by atoms with Gasteiger partial charge in [0, 0.05) is 56.9 Å². The van der Waals surface area contributed by atoms with Crippen molar-refractivity contribution < 1.29 is 4.79 Å². The van der Waals surface area contributed by atoms with Crippen molar-refractivity contribution >= 4 is 35.0 Å². The zero-order valence-electron chi connectivity index (χ0n) is 23.1. The Kier molecular flexibility index (Phi) is 8.11. The number of piperazine rings is 1. The second-order valence-corrected chi connectivity index (χ2v) is 10.7. The van der Waals surface area contributed by atoms with E-state index in [1.165, 1.54) is 16.7 Å². The molecule has 0 aliphatic carbocycles. The van der Waals surface area contributed by atoms with E-state index < -0.39 is 0 Å². The molecule has 2 aromatic heterocycles. The van der Waals surface area contributed by atoms with Crippen LogP contribution in [0.25, 0.3) is 10.9 Å². The number of hydrogen-bond acceptors (Lipinski definition) is 5. The number of nitriles is 1. The number of pyridine rings is 1. The average Bonchev–Trinajstić information content (AvgIpc) is 3.23. The molecule has 206 valence electrons. The maximum atomic E-state index is 13.8. The van der Waals surface area contributed by atoms with E-state index >= 15 is 0 Å². The van der Waals surface area contributed by atoms with Crippen LogP contribution >= 0.6 is 12.4 Å². The molecule has 0 spiro atoms. The van der Waals surface area contributed by atoms with Crippen molar-refractivity contribution in [3.63, 3.8) is 0 Å². The van der Waals surface area contributed by atoms with Crippen LogP contribution in [0.2, 0.25) is 0 Å². The van der Waals surface area contributed by atoms with Crippen LogP contribution in [0.3, 0.4) is 0 Å². The second kappa shape index (κ2) is 11.7. The highest BCUT2D eigenvalue weighted by atomic mass is 35.5. The fourth-order valence-corrected chi connectivity index (χ4v) is 5.99. The predicted octanol–water partition coefficient (Wildman–Crippen LogP) is 4.83. The van der Waals surface area contributed by atoms with Crippen LogP contribution in [0.4, 0.5) is 5.82 Å². The van der Waals surface area contributed by atoms with Crippen molar-refractivity contribution in [1.82, 2.24) is 19.4 Å². The van der Waals surface area contributed by atoms with Crippen LogP contribution in [0.1, 0.15) is 38.4 Å². The van der Waals surface area contributed by atoms with Gasteiger partial charge in [-0.15, -0.1) is 12.4 Å². The number of carbonyl (C=O) groups excluding carboxylic acids is 1. The molecular weight excluding hydrogens is 520 g/mol. The first-order valence-electron chi connectivity index (χ1n) is 13.8. The molecule has 2 aliphatic heterocycles. The summed E-state index contributed by atoms with van der Waals surface area (Å²) >= 11 is 0. The lowest BCUT2D eigenvalue weighted by atomic mass is 9.99. The van der Waals surface area contributed by atoms with E-state index in [0.717, 1.165) is 60.6 Å². The van der Waals surface area contributed by atoms with E-state index in [4.69, 9.17) is 4.98 Å². The molecule has 0 unspecified atom stereocenters. The summed E-state index contributed by atoms with van der Waals surface area (Å²) in [6.07, 6.45) is 1.22. The van der Waals surface area contributed by atoms with Gasteiger partial charge in [-0.05, 0) is 48.7 Å². The minimum Gasteiger partial charge on any atom is -0.350 e. The van der Waals surface area contributed by atoms with Crippen LogP contribution in [0, 0.1) is 18.3 Å². The molecule has 4 heterocycles. The van der Waals surface area contributed by atoms with E-state index in [-0.39, 0.29) is 18.3 Å². The zero-order chi connectivity index (χ0) is 26.9. The molecule has 2 aromatic carbocycles. The van der Waals surface area contributed by atoms with E-state index in [2.05, 4.69) is 82.9 Å². The van der Waals surface area contributed by atoms with E-state index in [1.807, 2.05) is 17.0 Å². The molecule has 0 saturated carbocycles. The summed E-state index contributed by atoms with van der Waals surface area (Å²) in [7, 11) is 2.09. The fraction of sp³-hybridized carbons (Fsp3) is 0.344. The summed E-state index contributed by atoms with van der Waals surface area (Å²) < 4.78 is 2.30. The molecule has 6 rings (SSSR count). The van der Waals surface area contributed by atoms with E-state index in [0.29, 0.717) is 31.7 Å². The molecule has 1 amide bonds. The number of benzene rings is 2. The van der Waals surface area contributed by atoms with Crippen LogP contribution < -0.4 is 4.90 Å². The Bertz CT molecular complexity index is 1570. The van der Waals surface area contributed by atoms with Gasteiger partial charge in [-0.25, -0.2) is 4.98 Å². The fourth-order valence-electron chi connectivity index (χ4n) is 5.99. The third-order valence-electron chi connectivity index (χ3n) is 8.29. The number of likely N-dealkylation sites (N-methyl/N-ethyl adjacent to an activating group) is 1. The van der Waals surface area contributed by atoms with Crippen molar-refractivity contribution in [2.75, 3.05) is 44.7 Å². The SMILES string of the molecule is Cc1c(CC#N)c2cc(C(=O)N3CCN(C)CC3)nc(N3CCc4ccccc4C3)c2n1Cc1ccccc1.Cl. The first kappa shape index (κ1) is 27.7. The summed E-state index contributed by atoms with van der Waals surface area (Å²) in [6, 6.07) is 23.3. The highest BCUT2D eigenvalue weighted by Crippen LogP contribution is 2.36. The highest BCUT2D eigenvalue weighted by Gasteiger charge is 2.28. The standard InChI is InChI=1S/C32H34N6O.ClH/c1-23-27(12-14-33)28-20-29(32(39)36-18-16-35(2)17-19-36)34-31(30(28)38(23)21-24-8-4-3-5-9-24)37-15-13-25-10-6-7-11-26(25)22-37;/h3-11,20H,12-13,15-19,21-22H2,1-2H3;1H. The van der Waals surface area contributed by atoms with Gasteiger partial charge < -0.3 is 19.3 Å². The van der Waals surface area contributed by atoms with Gasteiger partial charge in [0.1, 0.15) is 5.69 Å². The lowest BCUT2D eigenvalue weighted by Gasteiger charge is -2.33. The summed E-state index contributed by atoms with van der Waals surface area (Å²) in [6.45, 7) is 7.45. The van der Waals surface area contributed by atoms with Gasteiger partial charge in [0.05, 0.1) is 18.0 Å². The molecular formula is C32H35ClN6O. The Labute approximate surface area is 242 Å². The van der Waals surface area contributed by atoms with Gasteiger partial charge in [0.25, 0.3) is 5.91 Å². The van der Waals surface area contributed by atoms with Gasteiger partial charge in [0.15, 0.2) is 5.82 Å². The molecule has 8 heteroatoms. The van der Waals surface area contributed by atoms with Crippen LogP contribution in [0.5, 0.6) is 0 Å². The van der Waals surface area contributed by atoms with Gasteiger partial charge in [-0.3, -0.25) is 4.79 Å². The van der Waals surface area contributed by atoms with Crippen LogP contribution in [-0.4, -0.2) is 65.0 Å². The monoisotopic (exact) mass is 554 g/mol. The van der Waals surface area contributed by atoms with Gasteiger partial charge in [-0.1, -0.05) is 54.6 Å². The third-order valence-corrected chi connectivity index (χ3v) is 8.29. The van der Waals surface area contributed by atoms with Gasteiger partial charge >= 0.3 is 0 Å². The Morgan fingerprint density at radius 1 is 0.975 bits per heavy atom. The minimum absolute atomic E-state index is 0. The maximum absolute atomic E-state index is 13.8. The van der Waals surface area contributed by atoms with Gasteiger partial charge in [-0.2, -0.15) is 5.26 Å². The molecule has 2 aliphatic rings. The molecule has 0 radical (unpaired) electrons. The maximum Gasteiger partial charge on any atom is 0.272 e. The lowest BCUT2D eigenvalue weighted by molar-refractivity contribution is 0.0658. The average molecular weight is 555 g/mol. The summed E-state index contributed by atoms with van der Waals surface area (Å²) in [4.78, 5) is 25.4. The Hall–Kier alpha value is -3.86. The Morgan fingerprint density at radius 3 is 2.40 bits per heavy atom. The number of rotatable bonds is 5. The molecule has 7 nitrogen and oxygen atoms in total. The normalized spacial score (nSPS) is 15.4. The first-order chi connectivity index (χ1) is 19.0. The number of hydrogen-bond donors (Lipinski definition) is 0. The second-order valence-electron chi connectivity index (χ2n) is 10.7. The summed E-state index contributed by atoms with van der Waals surface area (Å²) in [5.41, 5.74) is 7.37. The van der Waals surface area contributed by atoms with Crippen molar-refractivity contribution in [1.29, 1.82) is 5.26 Å². The molecule has 0 N–H and O–H groups in total. The zero-order valence-corrected chi connectivity index (χ0v) is 24.0. The molecule has 0 bridgehead atoms.